The lowest BCUT2D eigenvalue weighted by Crippen LogP contribution is -2.34. The predicted octanol–water partition coefficient (Wildman–Crippen LogP) is 2.09. The minimum absolute atomic E-state index is 0.149. The van der Waals surface area contributed by atoms with Crippen LogP contribution >= 0.6 is 0 Å². The van der Waals surface area contributed by atoms with Crippen LogP contribution in [0.2, 0.25) is 0 Å². The fourth-order valence-corrected chi connectivity index (χ4v) is 3.13. The molecule has 4 aromatic rings. The van der Waals surface area contributed by atoms with Crippen molar-refractivity contribution in [2.75, 3.05) is 0 Å². The summed E-state index contributed by atoms with van der Waals surface area (Å²) in [5.41, 5.74) is 2.31. The van der Waals surface area contributed by atoms with E-state index in [0.29, 0.717) is 18.4 Å². The van der Waals surface area contributed by atoms with Crippen molar-refractivity contribution in [1.29, 1.82) is 0 Å². The van der Waals surface area contributed by atoms with Crippen molar-refractivity contribution < 1.29 is 4.79 Å². The van der Waals surface area contributed by atoms with Crippen LogP contribution < -0.4 is 10.9 Å². The summed E-state index contributed by atoms with van der Waals surface area (Å²) in [5, 5.41) is 8.63. The molecule has 0 aliphatic rings. The Balaban J connectivity index is 1.61. The zero-order chi connectivity index (χ0) is 20.1. The van der Waals surface area contributed by atoms with E-state index in [2.05, 4.69) is 20.4 Å². The summed E-state index contributed by atoms with van der Waals surface area (Å²) in [6, 6.07) is 14.8. The Bertz CT molecular complexity index is 1190. The van der Waals surface area contributed by atoms with Crippen LogP contribution in [0, 0.1) is 0 Å². The predicted molar refractivity (Wildman–Crippen MR) is 109 cm³/mol. The van der Waals surface area contributed by atoms with Crippen LogP contribution in [-0.2, 0) is 24.3 Å². The van der Waals surface area contributed by atoms with E-state index in [1.807, 2.05) is 42.5 Å². The Morgan fingerprint density at radius 1 is 0.897 bits per heavy atom. The molecule has 7 nitrogen and oxygen atoms in total. The molecule has 0 spiro atoms. The molecule has 1 N–H and O–H groups in total. The molecular weight excluding hydrogens is 366 g/mol. The van der Waals surface area contributed by atoms with E-state index in [9.17, 15) is 9.59 Å². The van der Waals surface area contributed by atoms with Crippen LogP contribution in [0.1, 0.15) is 16.8 Å². The van der Waals surface area contributed by atoms with Crippen molar-refractivity contribution in [3.8, 4) is 0 Å². The summed E-state index contributed by atoms with van der Waals surface area (Å²) in [5.74, 6) is -0.286. The summed E-state index contributed by atoms with van der Waals surface area (Å²) < 4.78 is 1.23. The number of amides is 1. The molecule has 3 aromatic heterocycles. The number of hydrogen-bond acceptors (Lipinski definition) is 5. The Hall–Kier alpha value is -3.87. The van der Waals surface area contributed by atoms with Crippen molar-refractivity contribution in [3.63, 3.8) is 0 Å². The zero-order valence-electron chi connectivity index (χ0n) is 15.7. The highest BCUT2D eigenvalue weighted by Crippen LogP contribution is 2.16. The summed E-state index contributed by atoms with van der Waals surface area (Å²) in [6.45, 7) is 0.196. The molecule has 144 valence electrons. The number of fused-ring (bicyclic) bond motifs is 1. The normalized spacial score (nSPS) is 10.8. The van der Waals surface area contributed by atoms with Crippen LogP contribution in [0.3, 0.4) is 0 Å². The quantitative estimate of drug-likeness (QED) is 0.549. The molecule has 0 bridgehead atoms. The summed E-state index contributed by atoms with van der Waals surface area (Å²) in [6.07, 6.45) is 7.36. The summed E-state index contributed by atoms with van der Waals surface area (Å²) in [4.78, 5) is 33.4. The van der Waals surface area contributed by atoms with Gasteiger partial charge < -0.3 is 5.32 Å². The molecule has 0 unspecified atom stereocenters. The van der Waals surface area contributed by atoms with E-state index in [-0.39, 0.29) is 18.0 Å². The van der Waals surface area contributed by atoms with Gasteiger partial charge in [-0.15, -0.1) is 0 Å². The molecule has 7 heteroatoms. The lowest BCUT2D eigenvalue weighted by Gasteiger charge is -2.11. The molecule has 0 fully saturated rings. The Kier molecular flexibility index (Phi) is 5.38. The van der Waals surface area contributed by atoms with Gasteiger partial charge in [0.1, 0.15) is 6.54 Å². The van der Waals surface area contributed by atoms with Gasteiger partial charge in [0.2, 0.25) is 5.91 Å². The highest BCUT2D eigenvalue weighted by atomic mass is 16.2. The van der Waals surface area contributed by atoms with E-state index in [1.54, 1.807) is 30.9 Å². The SMILES string of the molecule is O=C(Cn1nc(Cc2cccnc2)c2ccccc2c1=O)NCc1cccnc1. The third-order valence-electron chi connectivity index (χ3n) is 4.54. The number of benzene rings is 1. The lowest BCUT2D eigenvalue weighted by atomic mass is 10.1. The van der Waals surface area contributed by atoms with Gasteiger partial charge in [0.05, 0.1) is 11.1 Å². The first-order chi connectivity index (χ1) is 14.2. The van der Waals surface area contributed by atoms with E-state index >= 15 is 0 Å². The number of nitrogens with one attached hydrogen (secondary N) is 1. The number of pyridine rings is 2. The molecule has 0 atom stereocenters. The summed E-state index contributed by atoms with van der Waals surface area (Å²) >= 11 is 0. The van der Waals surface area contributed by atoms with Crippen molar-refractivity contribution in [2.24, 2.45) is 0 Å². The molecule has 1 amide bonds. The number of carbonyl (C=O) groups is 1. The average Bonchev–Trinajstić information content (AvgIpc) is 2.77. The molecular formula is C22H19N5O2. The molecule has 1 aromatic carbocycles. The second-order valence-corrected chi connectivity index (χ2v) is 6.63. The molecule has 0 saturated heterocycles. The van der Waals surface area contributed by atoms with Crippen LogP contribution in [0.5, 0.6) is 0 Å². The minimum atomic E-state index is -0.286. The molecule has 29 heavy (non-hydrogen) atoms. The molecule has 0 aliphatic heterocycles. The monoisotopic (exact) mass is 385 g/mol. The van der Waals surface area contributed by atoms with Crippen molar-refractivity contribution in [1.82, 2.24) is 25.1 Å². The Morgan fingerprint density at radius 2 is 1.59 bits per heavy atom. The first kappa shape index (κ1) is 18.5. The third kappa shape index (κ3) is 4.35. The van der Waals surface area contributed by atoms with Gasteiger partial charge in [-0.3, -0.25) is 19.6 Å². The van der Waals surface area contributed by atoms with E-state index in [1.165, 1.54) is 4.68 Å². The van der Waals surface area contributed by atoms with Gasteiger partial charge in [0.15, 0.2) is 0 Å². The van der Waals surface area contributed by atoms with Crippen LogP contribution in [-0.4, -0.2) is 25.7 Å². The first-order valence-electron chi connectivity index (χ1n) is 9.24. The first-order valence-corrected chi connectivity index (χ1v) is 9.24. The maximum absolute atomic E-state index is 12.8. The van der Waals surface area contributed by atoms with Crippen molar-refractivity contribution >= 4 is 16.7 Å². The van der Waals surface area contributed by atoms with E-state index in [0.717, 1.165) is 22.2 Å². The van der Waals surface area contributed by atoms with Gasteiger partial charge in [0.25, 0.3) is 5.56 Å². The van der Waals surface area contributed by atoms with E-state index < -0.39 is 0 Å². The molecule has 0 radical (unpaired) electrons. The zero-order valence-corrected chi connectivity index (χ0v) is 15.7. The van der Waals surface area contributed by atoms with Crippen molar-refractivity contribution in [2.45, 2.75) is 19.5 Å². The number of hydrogen-bond donors (Lipinski definition) is 1. The number of nitrogens with zero attached hydrogens (tertiary/aromatic N) is 4. The number of carbonyl (C=O) groups excluding carboxylic acids is 1. The third-order valence-corrected chi connectivity index (χ3v) is 4.54. The largest absolute Gasteiger partial charge is 0.350 e. The molecule has 0 aliphatic carbocycles. The fourth-order valence-electron chi connectivity index (χ4n) is 3.13. The highest BCUT2D eigenvalue weighted by Gasteiger charge is 2.13. The van der Waals surface area contributed by atoms with Gasteiger partial charge in [-0.25, -0.2) is 4.68 Å². The van der Waals surface area contributed by atoms with Gasteiger partial charge in [-0.2, -0.15) is 5.10 Å². The number of rotatable bonds is 6. The van der Waals surface area contributed by atoms with Gasteiger partial charge in [0, 0.05) is 43.1 Å². The highest BCUT2D eigenvalue weighted by molar-refractivity contribution is 5.84. The smallest absolute Gasteiger partial charge is 0.275 e. The Morgan fingerprint density at radius 3 is 2.28 bits per heavy atom. The molecule has 3 heterocycles. The van der Waals surface area contributed by atoms with Crippen LogP contribution in [0.25, 0.3) is 10.8 Å². The van der Waals surface area contributed by atoms with E-state index in [4.69, 9.17) is 0 Å². The maximum atomic E-state index is 12.8. The van der Waals surface area contributed by atoms with Gasteiger partial charge in [-0.05, 0) is 29.3 Å². The van der Waals surface area contributed by atoms with Gasteiger partial charge >= 0.3 is 0 Å². The lowest BCUT2D eigenvalue weighted by molar-refractivity contribution is -0.122. The second-order valence-electron chi connectivity index (χ2n) is 6.63. The van der Waals surface area contributed by atoms with Gasteiger partial charge in [-0.1, -0.05) is 30.3 Å². The topological polar surface area (TPSA) is 89.8 Å². The van der Waals surface area contributed by atoms with Crippen LogP contribution in [0.15, 0.2) is 78.1 Å². The molecule has 0 saturated carbocycles. The second kappa shape index (κ2) is 8.43. The van der Waals surface area contributed by atoms with Crippen LogP contribution in [0.4, 0.5) is 0 Å². The Labute approximate surface area is 167 Å². The standard InChI is InChI=1S/C22H19N5O2/c28-21(25-14-17-6-4-10-24-13-17)15-27-22(29)19-8-2-1-7-18(19)20(26-27)11-16-5-3-9-23-12-16/h1-10,12-13H,11,14-15H2,(H,25,28). The summed E-state index contributed by atoms with van der Waals surface area (Å²) in [7, 11) is 0. The van der Waals surface area contributed by atoms with Crippen molar-refractivity contribution in [3.05, 3.63) is 100 Å². The molecule has 4 rings (SSSR count). The minimum Gasteiger partial charge on any atom is -0.350 e. The maximum Gasteiger partial charge on any atom is 0.275 e. The average molecular weight is 385 g/mol. The fraction of sp³-hybridized carbons (Fsp3) is 0.136. The number of aromatic nitrogens is 4.